The maximum absolute atomic E-state index is 14.0. The highest BCUT2D eigenvalue weighted by Crippen LogP contribution is 2.50. The van der Waals surface area contributed by atoms with Crippen LogP contribution in [0.4, 0.5) is 0 Å². The lowest BCUT2D eigenvalue weighted by molar-refractivity contribution is -0.179. The van der Waals surface area contributed by atoms with E-state index < -0.39 is 70.1 Å². The molecule has 0 radical (unpaired) electrons. The first-order chi connectivity index (χ1) is 20.3. The van der Waals surface area contributed by atoms with E-state index in [2.05, 4.69) is 10.6 Å². The Labute approximate surface area is 254 Å². The van der Waals surface area contributed by atoms with Crippen molar-refractivity contribution >= 4 is 41.3 Å². The van der Waals surface area contributed by atoms with Gasteiger partial charge in [0.25, 0.3) is 5.91 Å². The Hall–Kier alpha value is -3.64. The van der Waals surface area contributed by atoms with Gasteiger partial charge >= 0.3 is 11.9 Å². The predicted molar refractivity (Wildman–Crippen MR) is 158 cm³/mol. The van der Waals surface area contributed by atoms with Crippen molar-refractivity contribution in [2.75, 3.05) is 12.9 Å². The Morgan fingerprint density at radius 3 is 2.37 bits per heavy atom. The van der Waals surface area contributed by atoms with Crippen molar-refractivity contribution in [3.8, 4) is 5.75 Å². The number of piperidine rings is 2. The highest BCUT2D eigenvalue weighted by atomic mass is 32.2. The summed E-state index contributed by atoms with van der Waals surface area (Å²) in [6.07, 6.45) is 2.64. The number of ketones is 1. The van der Waals surface area contributed by atoms with Crippen molar-refractivity contribution in [2.45, 2.75) is 75.7 Å². The number of ether oxygens (including phenoxy) is 3. The molecule has 3 N–H and O–H groups in total. The molecule has 43 heavy (non-hydrogen) atoms. The number of fused-ring (bicyclic) bond motifs is 2. The highest BCUT2D eigenvalue weighted by Gasteiger charge is 2.73. The smallest absolute Gasteiger partial charge is 0.330 e. The highest BCUT2D eigenvalue weighted by molar-refractivity contribution is 8.00. The number of hydrogen-bond acceptors (Lipinski definition) is 10. The lowest BCUT2D eigenvalue weighted by Crippen LogP contribution is -2.87. The second-order valence-corrected chi connectivity index (χ2v) is 12.5. The van der Waals surface area contributed by atoms with Crippen LogP contribution in [0.3, 0.4) is 0 Å². The maximum Gasteiger partial charge on any atom is 0.330 e. The molecule has 4 aliphatic heterocycles. The van der Waals surface area contributed by atoms with Gasteiger partial charge in [-0.1, -0.05) is 23.8 Å². The van der Waals surface area contributed by atoms with Gasteiger partial charge in [0.2, 0.25) is 5.91 Å². The molecule has 1 aromatic rings. The van der Waals surface area contributed by atoms with E-state index in [4.69, 9.17) is 14.2 Å². The molecule has 232 valence electrons. The average Bonchev–Trinajstić information content (AvgIpc) is 2.93. The van der Waals surface area contributed by atoms with Crippen LogP contribution in [0.5, 0.6) is 5.75 Å². The number of esters is 2. The Morgan fingerprint density at radius 2 is 1.72 bits per heavy atom. The Kier molecular flexibility index (Phi) is 9.70. The second kappa shape index (κ2) is 12.9. The van der Waals surface area contributed by atoms with Crippen LogP contribution in [-0.2, 0) is 39.9 Å². The molecule has 2 unspecified atom stereocenters. The van der Waals surface area contributed by atoms with Crippen LogP contribution in [0.15, 0.2) is 48.1 Å². The number of thioether (sulfide) groups is 1. The van der Waals surface area contributed by atoms with Crippen molar-refractivity contribution in [3.05, 3.63) is 53.6 Å². The van der Waals surface area contributed by atoms with Gasteiger partial charge in [-0.3, -0.25) is 19.2 Å². The van der Waals surface area contributed by atoms with Gasteiger partial charge in [0, 0.05) is 25.3 Å². The number of aliphatic hydroxyl groups is 1. The molecule has 2 amide bonds. The van der Waals surface area contributed by atoms with Crippen LogP contribution in [0.1, 0.15) is 46.1 Å². The third-order valence-electron chi connectivity index (χ3n) is 7.95. The number of cyclic esters (lactones) is 2. The first-order valence-corrected chi connectivity index (χ1v) is 15.4. The van der Waals surface area contributed by atoms with Gasteiger partial charge in [0.15, 0.2) is 10.7 Å². The molecule has 3 saturated heterocycles. The van der Waals surface area contributed by atoms with E-state index in [1.807, 2.05) is 19.9 Å². The summed E-state index contributed by atoms with van der Waals surface area (Å²) < 4.78 is 16.8. The minimum atomic E-state index is -1.89. The number of carbonyl (C=O) groups is 5. The number of allylic oxidation sites excluding steroid dienone is 1. The van der Waals surface area contributed by atoms with Gasteiger partial charge in [0.1, 0.15) is 42.1 Å². The first kappa shape index (κ1) is 32.3. The maximum atomic E-state index is 14.0. The van der Waals surface area contributed by atoms with Gasteiger partial charge in [-0.05, 0) is 57.7 Å². The number of benzene rings is 1. The van der Waals surface area contributed by atoms with Crippen LogP contribution in [0, 0.1) is 11.8 Å². The molecule has 1 aromatic carbocycles. The number of hydrogen-bond donors (Lipinski definition) is 3. The van der Waals surface area contributed by atoms with Gasteiger partial charge in [-0.2, -0.15) is 0 Å². The van der Waals surface area contributed by atoms with Gasteiger partial charge in [0.05, 0.1) is 5.92 Å². The normalized spacial score (nSPS) is 32.9. The molecule has 0 aliphatic carbocycles. The van der Waals surface area contributed by atoms with Gasteiger partial charge in [-0.15, -0.1) is 11.8 Å². The SMILES string of the molecule is CSC12NC(=O)C(Cc3ccc(OCC=C(C)C)cc3)(NC1=O)[C@H]1C(=O)O[C@H](C)CC=CC(=O)O[C@H](C)C[C@@H](O)C(=O)[C@H]12. The topological polar surface area (TPSA) is 157 Å². The molecular weight excluding hydrogens is 576 g/mol. The first-order valence-electron chi connectivity index (χ1n) is 14.2. The molecule has 0 aromatic heterocycles. The molecular formula is C31H38N2O9S. The van der Waals surface area contributed by atoms with E-state index in [0.29, 0.717) is 17.9 Å². The lowest BCUT2D eigenvalue weighted by Gasteiger charge is -2.58. The molecule has 2 bridgehead atoms. The fourth-order valence-electron chi connectivity index (χ4n) is 5.78. The lowest BCUT2D eigenvalue weighted by atomic mass is 9.61. The minimum Gasteiger partial charge on any atom is -0.490 e. The van der Waals surface area contributed by atoms with E-state index in [1.54, 1.807) is 31.2 Å². The third kappa shape index (κ3) is 6.50. The summed E-state index contributed by atoms with van der Waals surface area (Å²) in [6, 6.07) is 6.89. The van der Waals surface area contributed by atoms with Crippen LogP contribution in [0.25, 0.3) is 0 Å². The van der Waals surface area contributed by atoms with E-state index in [0.717, 1.165) is 17.3 Å². The summed E-state index contributed by atoms with van der Waals surface area (Å²) in [5.41, 5.74) is -0.182. The largest absolute Gasteiger partial charge is 0.490 e. The van der Waals surface area contributed by atoms with Crippen molar-refractivity contribution in [3.63, 3.8) is 0 Å². The molecule has 4 aliphatic rings. The number of rotatable bonds is 6. The molecule has 5 rings (SSSR count). The molecule has 11 nitrogen and oxygen atoms in total. The number of aliphatic hydroxyl groups excluding tert-OH is 1. The molecule has 12 heteroatoms. The second-order valence-electron chi connectivity index (χ2n) is 11.5. The van der Waals surface area contributed by atoms with Crippen molar-refractivity contribution in [1.29, 1.82) is 0 Å². The van der Waals surface area contributed by atoms with E-state index >= 15 is 0 Å². The van der Waals surface area contributed by atoms with Crippen LogP contribution in [0.2, 0.25) is 0 Å². The summed E-state index contributed by atoms with van der Waals surface area (Å²) >= 11 is 0.898. The number of carbonyl (C=O) groups excluding carboxylic acids is 5. The van der Waals surface area contributed by atoms with E-state index in [-0.39, 0.29) is 19.3 Å². The quantitative estimate of drug-likeness (QED) is 0.320. The zero-order valence-electron chi connectivity index (χ0n) is 24.9. The zero-order valence-corrected chi connectivity index (χ0v) is 25.7. The third-order valence-corrected chi connectivity index (χ3v) is 9.14. The molecule has 7 atom stereocenters. The van der Waals surface area contributed by atoms with E-state index in [9.17, 15) is 29.1 Å². The van der Waals surface area contributed by atoms with Crippen LogP contribution >= 0.6 is 11.8 Å². The number of Topliss-reactive ketones (excluding diaryl/α,β-unsaturated/α-hetero) is 1. The molecule has 0 saturated carbocycles. The number of amides is 2. The summed E-state index contributed by atoms with van der Waals surface area (Å²) in [4.78, 5) is 65.9. The number of nitrogens with one attached hydrogen (secondary N) is 2. The Morgan fingerprint density at radius 1 is 1.02 bits per heavy atom. The van der Waals surface area contributed by atoms with Gasteiger partial charge < -0.3 is 30.0 Å². The zero-order chi connectivity index (χ0) is 31.5. The average molecular weight is 615 g/mol. The van der Waals surface area contributed by atoms with Crippen LogP contribution in [-0.4, -0.2) is 76.2 Å². The predicted octanol–water partition coefficient (Wildman–Crippen LogP) is 2.01. The summed E-state index contributed by atoms with van der Waals surface area (Å²) in [5.74, 6) is -6.01. The summed E-state index contributed by atoms with van der Waals surface area (Å²) in [5, 5.41) is 16.5. The fourth-order valence-corrected chi connectivity index (χ4v) is 6.72. The number of piperazine rings is 1. The Bertz CT molecular complexity index is 1340. The minimum absolute atomic E-state index is 0.134. The van der Waals surface area contributed by atoms with Gasteiger partial charge in [-0.25, -0.2) is 4.79 Å². The van der Waals surface area contributed by atoms with E-state index in [1.165, 1.54) is 25.3 Å². The molecule has 4 heterocycles. The Balaban J connectivity index is 1.78. The van der Waals surface area contributed by atoms with Crippen molar-refractivity contribution in [2.24, 2.45) is 11.8 Å². The summed E-state index contributed by atoms with van der Waals surface area (Å²) in [7, 11) is 0. The van der Waals surface area contributed by atoms with Crippen LogP contribution < -0.4 is 15.4 Å². The van der Waals surface area contributed by atoms with Crippen molar-refractivity contribution in [1.82, 2.24) is 10.6 Å². The standard InChI is InChI=1S/C31H38N2O9S/c1-17(2)13-14-40-21-11-9-20(10-12-21)16-30-25-24(31(43-5,29(39)32-30)33-28(30)38)26(36)22(34)15-19(4)41-23(35)8-6-7-18(3)42-27(25)37/h6,8-13,18-19,22,24-25,34H,7,14-16H2,1-5H3,(H,32,39)(H,33,38)/t18-,19-,22-,24+,25-,30?,31?/m1/s1. The van der Waals surface area contributed by atoms with Crippen molar-refractivity contribution < 1.29 is 43.3 Å². The molecule has 0 spiro atoms. The fraction of sp³-hybridized carbons (Fsp3) is 0.516. The summed E-state index contributed by atoms with van der Waals surface area (Å²) in [6.45, 7) is 7.45. The monoisotopic (exact) mass is 614 g/mol. The molecule has 3 fully saturated rings.